The van der Waals surface area contributed by atoms with Gasteiger partial charge in [0.2, 0.25) is 6.79 Å². The second kappa shape index (κ2) is 5.59. The molecule has 18 heavy (non-hydrogen) atoms. The minimum absolute atomic E-state index is 0.348. The molecule has 0 spiro atoms. The molecule has 0 bridgehead atoms. The van der Waals surface area contributed by atoms with Gasteiger partial charge in [0, 0.05) is 12.6 Å². The molecule has 4 heteroatoms. The van der Waals surface area contributed by atoms with Gasteiger partial charge in [-0.1, -0.05) is 6.07 Å². The van der Waals surface area contributed by atoms with E-state index in [0.717, 1.165) is 31.1 Å². The smallest absolute Gasteiger partial charge is 0.231 e. The van der Waals surface area contributed by atoms with Gasteiger partial charge in [-0.15, -0.1) is 0 Å². The Balaban J connectivity index is 1.56. The van der Waals surface area contributed by atoms with Gasteiger partial charge in [0.05, 0.1) is 0 Å². The van der Waals surface area contributed by atoms with Gasteiger partial charge in [-0.3, -0.25) is 0 Å². The third-order valence-corrected chi connectivity index (χ3v) is 3.61. The summed E-state index contributed by atoms with van der Waals surface area (Å²) in [6.07, 6.45) is 3.74. The Morgan fingerprint density at radius 2 is 2.11 bits per heavy atom. The highest BCUT2D eigenvalue weighted by molar-refractivity contribution is 5.44. The second-order valence-electron chi connectivity index (χ2n) is 4.95. The van der Waals surface area contributed by atoms with Crippen molar-refractivity contribution in [2.45, 2.75) is 31.8 Å². The molecule has 1 aromatic rings. The standard InChI is InChI=1S/C14H20N2O2/c1-2-12(5-7-15-6-1)16-9-11-3-4-13-14(8-11)18-10-17-13/h3-4,8,12,15-16H,1-2,5-7,9-10H2. The molecule has 0 amide bonds. The van der Waals surface area contributed by atoms with Gasteiger partial charge in [-0.2, -0.15) is 0 Å². The van der Waals surface area contributed by atoms with Crippen molar-refractivity contribution in [2.24, 2.45) is 0 Å². The third-order valence-electron chi connectivity index (χ3n) is 3.61. The topological polar surface area (TPSA) is 42.5 Å². The Labute approximate surface area is 108 Å². The lowest BCUT2D eigenvalue weighted by molar-refractivity contribution is 0.174. The third kappa shape index (κ3) is 2.76. The lowest BCUT2D eigenvalue weighted by Gasteiger charge is -2.16. The molecule has 1 saturated heterocycles. The van der Waals surface area contributed by atoms with Gasteiger partial charge in [-0.05, 0) is 50.0 Å². The monoisotopic (exact) mass is 248 g/mol. The fourth-order valence-corrected chi connectivity index (χ4v) is 2.54. The van der Waals surface area contributed by atoms with Crippen LogP contribution >= 0.6 is 0 Å². The van der Waals surface area contributed by atoms with Crippen molar-refractivity contribution < 1.29 is 9.47 Å². The van der Waals surface area contributed by atoms with Gasteiger partial charge < -0.3 is 20.1 Å². The molecule has 1 unspecified atom stereocenters. The molecule has 0 aromatic heterocycles. The highest BCUT2D eigenvalue weighted by Crippen LogP contribution is 2.32. The lowest BCUT2D eigenvalue weighted by Crippen LogP contribution is -2.29. The molecule has 0 aliphatic carbocycles. The van der Waals surface area contributed by atoms with Crippen LogP contribution in [0.2, 0.25) is 0 Å². The van der Waals surface area contributed by atoms with Crippen LogP contribution in [0.15, 0.2) is 18.2 Å². The van der Waals surface area contributed by atoms with E-state index in [1.54, 1.807) is 0 Å². The van der Waals surface area contributed by atoms with Crippen molar-refractivity contribution in [3.8, 4) is 11.5 Å². The van der Waals surface area contributed by atoms with Gasteiger partial charge in [0.1, 0.15) is 0 Å². The van der Waals surface area contributed by atoms with Gasteiger partial charge in [-0.25, -0.2) is 0 Å². The number of rotatable bonds is 3. The zero-order valence-corrected chi connectivity index (χ0v) is 10.6. The molecule has 2 heterocycles. The molecule has 3 rings (SSSR count). The SMILES string of the molecule is c1cc2c(cc1CNC1CCCNCC1)OCO2. The first-order valence-electron chi connectivity index (χ1n) is 6.74. The van der Waals surface area contributed by atoms with E-state index in [2.05, 4.69) is 22.8 Å². The molecule has 1 fully saturated rings. The number of benzene rings is 1. The molecule has 4 nitrogen and oxygen atoms in total. The number of ether oxygens (including phenoxy) is 2. The quantitative estimate of drug-likeness (QED) is 0.853. The van der Waals surface area contributed by atoms with Crippen molar-refractivity contribution in [3.05, 3.63) is 23.8 Å². The summed E-state index contributed by atoms with van der Waals surface area (Å²) in [6, 6.07) is 6.80. The van der Waals surface area contributed by atoms with Crippen LogP contribution in [0, 0.1) is 0 Å². The van der Waals surface area contributed by atoms with E-state index in [1.807, 2.05) is 6.07 Å². The zero-order chi connectivity index (χ0) is 12.2. The molecule has 0 saturated carbocycles. The molecule has 2 N–H and O–H groups in total. The van der Waals surface area contributed by atoms with Crippen molar-refractivity contribution in [3.63, 3.8) is 0 Å². The molecule has 1 aromatic carbocycles. The molecule has 2 aliphatic heterocycles. The van der Waals surface area contributed by atoms with E-state index in [9.17, 15) is 0 Å². The Morgan fingerprint density at radius 1 is 1.17 bits per heavy atom. The second-order valence-corrected chi connectivity index (χ2v) is 4.95. The highest BCUT2D eigenvalue weighted by Gasteiger charge is 2.14. The van der Waals surface area contributed by atoms with Crippen LogP contribution in [-0.4, -0.2) is 25.9 Å². The summed E-state index contributed by atoms with van der Waals surface area (Å²) in [7, 11) is 0. The van der Waals surface area contributed by atoms with Gasteiger partial charge in [0.25, 0.3) is 0 Å². The first kappa shape index (κ1) is 11.8. The van der Waals surface area contributed by atoms with E-state index >= 15 is 0 Å². The lowest BCUT2D eigenvalue weighted by atomic mass is 10.1. The van der Waals surface area contributed by atoms with Crippen LogP contribution < -0.4 is 20.1 Å². The Kier molecular flexibility index (Phi) is 3.67. The summed E-state index contributed by atoms with van der Waals surface area (Å²) in [5.74, 6) is 1.73. The Morgan fingerprint density at radius 3 is 3.11 bits per heavy atom. The predicted octanol–water partition coefficient (Wildman–Crippen LogP) is 1.65. The van der Waals surface area contributed by atoms with Crippen LogP contribution in [0.1, 0.15) is 24.8 Å². The van der Waals surface area contributed by atoms with Crippen molar-refractivity contribution >= 4 is 0 Å². The Bertz CT molecular complexity index is 401. The average molecular weight is 248 g/mol. The fraction of sp³-hybridized carbons (Fsp3) is 0.571. The van der Waals surface area contributed by atoms with E-state index in [-0.39, 0.29) is 0 Å². The number of nitrogens with one attached hydrogen (secondary N) is 2. The van der Waals surface area contributed by atoms with Crippen LogP contribution in [0.5, 0.6) is 11.5 Å². The largest absolute Gasteiger partial charge is 0.454 e. The zero-order valence-electron chi connectivity index (χ0n) is 10.6. The molecule has 0 radical (unpaired) electrons. The minimum Gasteiger partial charge on any atom is -0.454 e. The van der Waals surface area contributed by atoms with Crippen LogP contribution in [-0.2, 0) is 6.54 Å². The molecule has 2 aliphatic rings. The first-order valence-corrected chi connectivity index (χ1v) is 6.74. The summed E-state index contributed by atoms with van der Waals surface area (Å²) < 4.78 is 10.7. The summed E-state index contributed by atoms with van der Waals surface area (Å²) in [5, 5.41) is 7.07. The summed E-state index contributed by atoms with van der Waals surface area (Å²) in [4.78, 5) is 0. The summed E-state index contributed by atoms with van der Waals surface area (Å²) in [5.41, 5.74) is 1.26. The van der Waals surface area contributed by atoms with Crippen molar-refractivity contribution in [1.29, 1.82) is 0 Å². The predicted molar refractivity (Wildman–Crippen MR) is 69.9 cm³/mol. The normalized spacial score (nSPS) is 22.8. The maximum absolute atomic E-state index is 5.39. The number of fused-ring (bicyclic) bond motifs is 1. The van der Waals surface area contributed by atoms with E-state index in [1.165, 1.54) is 24.8 Å². The molecule has 1 atom stereocenters. The first-order chi connectivity index (χ1) is 8.92. The summed E-state index contributed by atoms with van der Waals surface area (Å²) in [6.45, 7) is 3.53. The Hall–Kier alpha value is -1.26. The van der Waals surface area contributed by atoms with Gasteiger partial charge >= 0.3 is 0 Å². The number of hydrogen-bond acceptors (Lipinski definition) is 4. The van der Waals surface area contributed by atoms with Crippen molar-refractivity contribution in [2.75, 3.05) is 19.9 Å². The molecular formula is C14H20N2O2. The molecular weight excluding hydrogens is 228 g/mol. The maximum Gasteiger partial charge on any atom is 0.231 e. The van der Waals surface area contributed by atoms with Crippen LogP contribution in [0.4, 0.5) is 0 Å². The maximum atomic E-state index is 5.39. The van der Waals surface area contributed by atoms with Crippen LogP contribution in [0.25, 0.3) is 0 Å². The van der Waals surface area contributed by atoms with Gasteiger partial charge in [0.15, 0.2) is 11.5 Å². The average Bonchev–Trinajstić information content (AvgIpc) is 2.70. The van der Waals surface area contributed by atoms with E-state index in [4.69, 9.17) is 9.47 Å². The van der Waals surface area contributed by atoms with E-state index in [0.29, 0.717) is 12.8 Å². The summed E-state index contributed by atoms with van der Waals surface area (Å²) >= 11 is 0. The number of hydrogen-bond donors (Lipinski definition) is 2. The fourth-order valence-electron chi connectivity index (χ4n) is 2.54. The highest BCUT2D eigenvalue weighted by atomic mass is 16.7. The molecule has 98 valence electrons. The van der Waals surface area contributed by atoms with Crippen LogP contribution in [0.3, 0.4) is 0 Å². The van der Waals surface area contributed by atoms with E-state index < -0.39 is 0 Å². The van der Waals surface area contributed by atoms with Crippen molar-refractivity contribution in [1.82, 2.24) is 10.6 Å². The minimum atomic E-state index is 0.348.